The SMILES string of the molecule is COc1ccc(NC(=O)Nc2nn(C(=O)Nc3ccc(OC)cc3)c3ccccc23)cc1. The number of aromatic nitrogens is 2. The molecule has 162 valence electrons. The van der Waals surface area contributed by atoms with Crippen molar-refractivity contribution in [1.82, 2.24) is 9.78 Å². The highest BCUT2D eigenvalue weighted by Gasteiger charge is 2.17. The summed E-state index contributed by atoms with van der Waals surface area (Å²) in [7, 11) is 3.14. The number of amides is 3. The van der Waals surface area contributed by atoms with Gasteiger partial charge in [-0.2, -0.15) is 4.68 Å². The summed E-state index contributed by atoms with van der Waals surface area (Å²) in [5.41, 5.74) is 1.73. The van der Waals surface area contributed by atoms with Crippen LogP contribution in [0.5, 0.6) is 11.5 Å². The molecule has 0 aliphatic rings. The van der Waals surface area contributed by atoms with Crippen LogP contribution in [0.25, 0.3) is 10.9 Å². The molecule has 4 rings (SSSR count). The lowest BCUT2D eigenvalue weighted by atomic mass is 10.2. The van der Waals surface area contributed by atoms with Gasteiger partial charge >= 0.3 is 12.1 Å². The van der Waals surface area contributed by atoms with Gasteiger partial charge in [0.1, 0.15) is 11.5 Å². The maximum Gasteiger partial charge on any atom is 0.347 e. The normalized spacial score (nSPS) is 10.4. The van der Waals surface area contributed by atoms with Gasteiger partial charge in [0.05, 0.1) is 19.7 Å². The third-order valence-electron chi connectivity index (χ3n) is 4.70. The number of anilines is 3. The average Bonchev–Trinajstić information content (AvgIpc) is 3.18. The Balaban J connectivity index is 1.53. The fourth-order valence-electron chi connectivity index (χ4n) is 3.11. The van der Waals surface area contributed by atoms with Crippen molar-refractivity contribution >= 4 is 40.2 Å². The summed E-state index contributed by atoms with van der Waals surface area (Å²) in [6.07, 6.45) is 0. The van der Waals surface area contributed by atoms with Gasteiger partial charge in [-0.1, -0.05) is 12.1 Å². The minimum absolute atomic E-state index is 0.261. The molecule has 0 fully saturated rings. The minimum atomic E-state index is -0.485. The van der Waals surface area contributed by atoms with Gasteiger partial charge in [0, 0.05) is 16.8 Å². The minimum Gasteiger partial charge on any atom is -0.497 e. The van der Waals surface area contributed by atoms with Gasteiger partial charge in [-0.25, -0.2) is 9.59 Å². The summed E-state index contributed by atoms with van der Waals surface area (Å²) in [5, 5.41) is 13.2. The molecule has 0 aliphatic heterocycles. The maximum absolute atomic E-state index is 12.9. The Kier molecular flexibility index (Phi) is 5.89. The van der Waals surface area contributed by atoms with Crippen LogP contribution in [0.1, 0.15) is 0 Å². The fourth-order valence-corrected chi connectivity index (χ4v) is 3.11. The molecule has 0 aliphatic carbocycles. The van der Waals surface area contributed by atoms with E-state index >= 15 is 0 Å². The Bertz CT molecular complexity index is 1250. The quantitative estimate of drug-likeness (QED) is 0.422. The molecule has 0 unspecified atom stereocenters. The predicted molar refractivity (Wildman–Crippen MR) is 123 cm³/mol. The third kappa shape index (κ3) is 4.46. The average molecular weight is 431 g/mol. The van der Waals surface area contributed by atoms with Gasteiger partial charge < -0.3 is 20.1 Å². The van der Waals surface area contributed by atoms with Crippen molar-refractivity contribution in [2.75, 3.05) is 30.2 Å². The van der Waals surface area contributed by atoms with Crippen LogP contribution in [0.2, 0.25) is 0 Å². The topological polar surface area (TPSA) is 107 Å². The molecule has 3 N–H and O–H groups in total. The first-order valence-corrected chi connectivity index (χ1v) is 9.72. The molecule has 4 aromatic rings. The van der Waals surface area contributed by atoms with Crippen LogP contribution in [-0.4, -0.2) is 36.1 Å². The zero-order valence-electron chi connectivity index (χ0n) is 17.5. The van der Waals surface area contributed by atoms with Crippen molar-refractivity contribution in [2.24, 2.45) is 0 Å². The van der Waals surface area contributed by atoms with Gasteiger partial charge in [0.25, 0.3) is 0 Å². The summed E-state index contributed by atoms with van der Waals surface area (Å²) < 4.78 is 11.5. The van der Waals surface area contributed by atoms with E-state index in [2.05, 4.69) is 21.0 Å². The second-order valence-electron chi connectivity index (χ2n) is 6.74. The van der Waals surface area contributed by atoms with Crippen LogP contribution in [0, 0.1) is 0 Å². The Morgan fingerprint density at radius 2 is 1.31 bits per heavy atom. The van der Waals surface area contributed by atoms with E-state index in [1.165, 1.54) is 4.68 Å². The Morgan fingerprint density at radius 3 is 1.91 bits per heavy atom. The number of nitrogens with one attached hydrogen (secondary N) is 3. The molecule has 1 heterocycles. The van der Waals surface area contributed by atoms with Crippen molar-refractivity contribution in [3.05, 3.63) is 72.8 Å². The molecule has 9 nitrogen and oxygen atoms in total. The Morgan fingerprint density at radius 1 is 0.750 bits per heavy atom. The molecule has 0 spiro atoms. The number of nitrogens with zero attached hydrogens (tertiary/aromatic N) is 2. The highest BCUT2D eigenvalue weighted by atomic mass is 16.5. The van der Waals surface area contributed by atoms with E-state index in [4.69, 9.17) is 9.47 Å². The zero-order valence-corrected chi connectivity index (χ0v) is 17.5. The number of ether oxygens (including phenoxy) is 2. The Labute approximate surface area is 183 Å². The van der Waals surface area contributed by atoms with E-state index in [1.807, 2.05) is 6.07 Å². The number of rotatable bonds is 5. The molecule has 1 aromatic heterocycles. The number of urea groups is 1. The van der Waals surface area contributed by atoms with E-state index in [-0.39, 0.29) is 5.82 Å². The highest BCUT2D eigenvalue weighted by Crippen LogP contribution is 2.24. The molecule has 0 atom stereocenters. The third-order valence-corrected chi connectivity index (χ3v) is 4.70. The number of carbonyl (C=O) groups is 2. The summed E-state index contributed by atoms with van der Waals surface area (Å²) in [6.45, 7) is 0. The van der Waals surface area contributed by atoms with Gasteiger partial charge in [0.2, 0.25) is 0 Å². The van der Waals surface area contributed by atoms with Crippen LogP contribution < -0.4 is 25.4 Å². The molecule has 0 radical (unpaired) electrons. The van der Waals surface area contributed by atoms with E-state index in [1.54, 1.807) is 80.9 Å². The maximum atomic E-state index is 12.9. The zero-order chi connectivity index (χ0) is 22.5. The second kappa shape index (κ2) is 9.09. The summed E-state index contributed by atoms with van der Waals surface area (Å²) in [4.78, 5) is 25.3. The van der Waals surface area contributed by atoms with E-state index in [9.17, 15) is 9.59 Å². The number of hydrogen-bond donors (Lipinski definition) is 3. The molecule has 3 aromatic carbocycles. The van der Waals surface area contributed by atoms with Gasteiger partial charge in [-0.15, -0.1) is 5.10 Å². The predicted octanol–water partition coefficient (Wildman–Crippen LogP) is 4.78. The fraction of sp³-hybridized carbons (Fsp3) is 0.0870. The molecule has 0 saturated heterocycles. The number of fused-ring (bicyclic) bond motifs is 1. The van der Waals surface area contributed by atoms with Crippen molar-refractivity contribution in [3.63, 3.8) is 0 Å². The van der Waals surface area contributed by atoms with Crippen molar-refractivity contribution in [2.45, 2.75) is 0 Å². The van der Waals surface area contributed by atoms with E-state index in [0.717, 1.165) is 0 Å². The van der Waals surface area contributed by atoms with Crippen molar-refractivity contribution in [1.29, 1.82) is 0 Å². The van der Waals surface area contributed by atoms with E-state index < -0.39 is 12.1 Å². The molecule has 0 bridgehead atoms. The van der Waals surface area contributed by atoms with Crippen LogP contribution in [0.4, 0.5) is 26.8 Å². The number of methoxy groups -OCH3 is 2. The molecular weight excluding hydrogens is 410 g/mol. The van der Waals surface area contributed by atoms with Crippen LogP contribution in [-0.2, 0) is 0 Å². The van der Waals surface area contributed by atoms with Gasteiger partial charge in [-0.05, 0) is 60.7 Å². The lowest BCUT2D eigenvalue weighted by molar-refractivity contribution is 0.251. The lowest BCUT2D eigenvalue weighted by Gasteiger charge is -2.07. The first-order valence-electron chi connectivity index (χ1n) is 9.72. The largest absolute Gasteiger partial charge is 0.497 e. The molecular formula is C23H21N5O4. The lowest BCUT2D eigenvalue weighted by Crippen LogP contribution is -2.22. The summed E-state index contributed by atoms with van der Waals surface area (Å²) >= 11 is 0. The summed E-state index contributed by atoms with van der Waals surface area (Å²) in [5.74, 6) is 1.63. The first kappa shape index (κ1) is 20.7. The first-order chi connectivity index (χ1) is 15.6. The molecule has 32 heavy (non-hydrogen) atoms. The highest BCUT2D eigenvalue weighted by molar-refractivity contribution is 6.07. The molecule has 0 saturated carbocycles. The summed E-state index contributed by atoms with van der Waals surface area (Å²) in [6, 6.07) is 20.0. The standard InChI is InChI=1S/C23H21N5O4/c1-31-17-11-7-15(8-12-17)24-22(29)26-21-19-5-3-4-6-20(19)28(27-21)23(30)25-16-9-13-18(32-2)14-10-16/h3-14H,1-2H3,(H,25,30)(H2,24,26,27,29). The number of carbonyl (C=O) groups excluding carboxylic acids is 2. The van der Waals surface area contributed by atoms with Crippen molar-refractivity contribution in [3.8, 4) is 11.5 Å². The number of hydrogen-bond acceptors (Lipinski definition) is 5. The Hall–Kier alpha value is -4.53. The van der Waals surface area contributed by atoms with Crippen LogP contribution >= 0.6 is 0 Å². The van der Waals surface area contributed by atoms with Crippen molar-refractivity contribution < 1.29 is 19.1 Å². The second-order valence-corrected chi connectivity index (χ2v) is 6.74. The van der Waals surface area contributed by atoms with E-state index in [0.29, 0.717) is 33.8 Å². The molecule has 9 heteroatoms. The number of benzene rings is 3. The van der Waals surface area contributed by atoms with Crippen LogP contribution in [0.3, 0.4) is 0 Å². The van der Waals surface area contributed by atoms with Gasteiger partial charge in [-0.3, -0.25) is 5.32 Å². The smallest absolute Gasteiger partial charge is 0.347 e. The van der Waals surface area contributed by atoms with Gasteiger partial charge in [0.15, 0.2) is 5.82 Å². The monoisotopic (exact) mass is 431 g/mol. The van der Waals surface area contributed by atoms with Crippen LogP contribution in [0.15, 0.2) is 72.8 Å². The number of para-hydroxylation sites is 1. The molecule has 3 amide bonds.